The summed E-state index contributed by atoms with van der Waals surface area (Å²) in [4.78, 5) is 14.4. The van der Waals surface area contributed by atoms with Gasteiger partial charge in [0.15, 0.2) is 18.4 Å². The third-order valence-electron chi connectivity index (χ3n) is 15.4. The highest BCUT2D eigenvalue weighted by Gasteiger charge is 2.60. The number of carbonyl (C=O) groups is 1. The van der Waals surface area contributed by atoms with E-state index in [4.69, 9.17) is 47.4 Å². The third kappa shape index (κ3) is 9.82. The zero-order valence-electron chi connectivity index (χ0n) is 39.0. The second kappa shape index (κ2) is 20.1. The number of carbonyl (C=O) groups excluding carboxylic acids is 1. The van der Waals surface area contributed by atoms with E-state index in [0.717, 1.165) is 18.4 Å². The van der Waals surface area contributed by atoms with Crippen molar-refractivity contribution >= 4 is 5.97 Å². The Kier molecular flexibility index (Phi) is 15.1. The largest absolute Gasteiger partial charge is 0.462 e. The average molecular weight is 899 g/mol. The van der Waals surface area contributed by atoms with Crippen LogP contribution in [0.1, 0.15) is 106 Å². The van der Waals surface area contributed by atoms with Crippen LogP contribution in [0.3, 0.4) is 0 Å². The lowest BCUT2D eigenvalue weighted by molar-refractivity contribution is -0.318. The summed E-state index contributed by atoms with van der Waals surface area (Å²) in [5.74, 6) is -2.32. The van der Waals surface area contributed by atoms with Crippen LogP contribution in [0.15, 0.2) is 59.3 Å². The molecule has 64 heavy (non-hydrogen) atoms. The molecule has 1 saturated carbocycles. The summed E-state index contributed by atoms with van der Waals surface area (Å²) in [7, 11) is 3.23. The molecular formula is C50H74O14. The summed E-state index contributed by atoms with van der Waals surface area (Å²) >= 11 is 0. The molecule has 0 aromatic heterocycles. The van der Waals surface area contributed by atoms with Crippen LogP contribution in [0.25, 0.3) is 0 Å². The van der Waals surface area contributed by atoms with E-state index in [1.54, 1.807) is 40.2 Å². The molecule has 0 aromatic carbocycles. The van der Waals surface area contributed by atoms with Gasteiger partial charge in [0, 0.05) is 51.7 Å². The van der Waals surface area contributed by atoms with Gasteiger partial charge in [-0.3, -0.25) is 4.79 Å². The maximum Gasteiger partial charge on any atom is 0.316 e. The number of esters is 1. The lowest BCUT2D eigenvalue weighted by Gasteiger charge is -2.49. The topological polar surface area (TPSA) is 170 Å². The van der Waals surface area contributed by atoms with E-state index in [0.29, 0.717) is 49.2 Å². The van der Waals surface area contributed by atoms with Gasteiger partial charge >= 0.3 is 5.97 Å². The molecule has 14 nitrogen and oxygen atoms in total. The number of fused-ring (bicyclic) bond motifs is 2. The Labute approximate surface area is 379 Å². The molecule has 8 rings (SSSR count). The van der Waals surface area contributed by atoms with E-state index in [2.05, 4.69) is 32.9 Å². The van der Waals surface area contributed by atoms with Crippen molar-refractivity contribution in [2.75, 3.05) is 20.8 Å². The number of aliphatic hydroxyl groups is 3. The zero-order chi connectivity index (χ0) is 45.5. The molecule has 8 aliphatic rings. The van der Waals surface area contributed by atoms with Crippen molar-refractivity contribution < 1.29 is 67.5 Å². The maximum atomic E-state index is 14.4. The van der Waals surface area contributed by atoms with Crippen molar-refractivity contribution in [1.82, 2.24) is 0 Å². The standard InChI is InChI=1S/C50H74O14/c1-27-13-12-16-34-26-57-47-42(51)30(4)21-37(50(34,47)54)48(53)60-36-22-35(63-49(25-36)20-19-29(3)45(64-49)33-14-10-9-11-15-33)18-17-28(2)44(27)61-41-24-39(56-8)46(32(6)59-41)62-40-23-38(55-7)43(52)31(5)58-40/h12-13,16-17,19-21,27,29,31-33,35-47,51-52,54H,9-11,14-15,18,22-26H2,1-8H3/b13-12+,28-17+,34-16-/t27-,29-,31-,32-,35+,36+,37-,38-,39-,40-,41-,42+,43-,44?,45-,46?,47-,49+,50-/m0/s1. The van der Waals surface area contributed by atoms with E-state index in [-0.39, 0.29) is 36.8 Å². The lowest BCUT2D eigenvalue weighted by Crippen LogP contribution is -2.58. The molecule has 0 radical (unpaired) electrons. The highest BCUT2D eigenvalue weighted by molar-refractivity contribution is 5.78. The molecule has 6 aliphatic heterocycles. The van der Waals surface area contributed by atoms with Gasteiger partial charge in [-0.1, -0.05) is 69.6 Å². The van der Waals surface area contributed by atoms with Crippen LogP contribution < -0.4 is 0 Å². The summed E-state index contributed by atoms with van der Waals surface area (Å²) < 4.78 is 64.1. The van der Waals surface area contributed by atoms with Crippen LogP contribution in [0.4, 0.5) is 0 Å². The van der Waals surface area contributed by atoms with Crippen molar-refractivity contribution in [3.63, 3.8) is 0 Å². The second-order valence-electron chi connectivity index (χ2n) is 20.0. The molecular weight excluding hydrogens is 825 g/mol. The molecule has 2 aliphatic carbocycles. The minimum atomic E-state index is -1.83. The van der Waals surface area contributed by atoms with Crippen LogP contribution in [-0.2, 0) is 52.2 Å². The number of aliphatic hydroxyl groups excluding tert-OH is 2. The molecule has 5 fully saturated rings. The fourth-order valence-electron chi connectivity index (χ4n) is 11.7. The molecule has 358 valence electrons. The van der Waals surface area contributed by atoms with Crippen molar-refractivity contribution in [2.24, 2.45) is 23.7 Å². The summed E-state index contributed by atoms with van der Waals surface area (Å²) in [6.07, 6.45) is 13.8. The minimum absolute atomic E-state index is 0.0242. The van der Waals surface area contributed by atoms with E-state index in [1.165, 1.54) is 19.3 Å². The summed E-state index contributed by atoms with van der Waals surface area (Å²) in [5.41, 5.74) is 0.166. The highest BCUT2D eigenvalue weighted by atomic mass is 16.7. The van der Waals surface area contributed by atoms with Crippen LogP contribution in [0.5, 0.6) is 0 Å². The van der Waals surface area contributed by atoms with E-state index in [1.807, 2.05) is 25.2 Å². The number of ether oxygens (including phenoxy) is 10. The van der Waals surface area contributed by atoms with Gasteiger partial charge in [0.25, 0.3) is 0 Å². The smallest absolute Gasteiger partial charge is 0.316 e. The molecule has 1 spiro atoms. The second-order valence-corrected chi connectivity index (χ2v) is 20.0. The summed E-state index contributed by atoms with van der Waals surface area (Å²) in [5, 5.41) is 34.3. The molecule has 2 unspecified atom stereocenters. The van der Waals surface area contributed by atoms with Gasteiger partial charge in [0.05, 0.1) is 49.3 Å². The molecule has 4 saturated heterocycles. The Morgan fingerprint density at radius 2 is 1.53 bits per heavy atom. The Morgan fingerprint density at radius 3 is 2.28 bits per heavy atom. The van der Waals surface area contributed by atoms with E-state index in [9.17, 15) is 20.1 Å². The van der Waals surface area contributed by atoms with Crippen molar-refractivity contribution in [3.05, 3.63) is 59.3 Å². The van der Waals surface area contributed by atoms with Gasteiger partial charge in [-0.05, 0) is 75.7 Å². The third-order valence-corrected chi connectivity index (χ3v) is 15.4. The quantitative estimate of drug-likeness (QED) is 0.204. The van der Waals surface area contributed by atoms with Gasteiger partial charge in [-0.2, -0.15) is 0 Å². The Bertz CT molecular complexity index is 1790. The predicted octanol–water partition coefficient (Wildman–Crippen LogP) is 5.91. The van der Waals surface area contributed by atoms with Gasteiger partial charge in [-0.15, -0.1) is 0 Å². The van der Waals surface area contributed by atoms with E-state index < -0.39 is 90.8 Å². The number of allylic oxidation sites excluding steroid dienone is 2. The van der Waals surface area contributed by atoms with Crippen molar-refractivity contribution in [2.45, 2.75) is 203 Å². The SMILES string of the molecule is CO[C@H]1C[C@H](OC2/C(C)=C/C[C@@H]3C[C@H](C[C@]4(C=C[C@H](C)[C@@H](C5CCCCC5)O4)O3)OC(=O)[C@@H]3C=C(C)[C@@H](O)[C@@H]4OC/C(=C/C=C/[C@@H]2C)[C@]34O)O[C@@H](C)C1O[C@H]1C[C@H](OC)[C@@H](O)[C@H](C)O1. The maximum absolute atomic E-state index is 14.4. The molecule has 3 N–H and O–H groups in total. The first kappa shape index (κ1) is 48.2. The first-order valence-electron chi connectivity index (χ1n) is 24.0. The summed E-state index contributed by atoms with van der Waals surface area (Å²) in [6.45, 7) is 11.9. The Morgan fingerprint density at radius 1 is 0.812 bits per heavy atom. The Balaban J connectivity index is 1.08. The molecule has 14 heteroatoms. The predicted molar refractivity (Wildman–Crippen MR) is 234 cm³/mol. The molecule has 19 atom stereocenters. The molecule has 0 amide bonds. The van der Waals surface area contributed by atoms with Crippen LogP contribution in [-0.4, -0.2) is 139 Å². The van der Waals surface area contributed by atoms with Gasteiger partial charge < -0.3 is 62.7 Å². The van der Waals surface area contributed by atoms with Crippen LogP contribution >= 0.6 is 0 Å². The molecule has 2 bridgehead atoms. The normalized spacial score (nSPS) is 49.2. The van der Waals surface area contributed by atoms with Crippen molar-refractivity contribution in [1.29, 1.82) is 0 Å². The lowest BCUT2D eigenvalue weighted by atomic mass is 9.71. The number of methoxy groups -OCH3 is 2. The summed E-state index contributed by atoms with van der Waals surface area (Å²) in [6, 6.07) is 0. The highest BCUT2D eigenvalue weighted by Crippen LogP contribution is 2.48. The first-order valence-corrected chi connectivity index (χ1v) is 24.0. The van der Waals surface area contributed by atoms with E-state index >= 15 is 0 Å². The van der Waals surface area contributed by atoms with Crippen molar-refractivity contribution in [3.8, 4) is 0 Å². The first-order chi connectivity index (χ1) is 30.6. The number of hydrogen-bond acceptors (Lipinski definition) is 14. The zero-order valence-corrected chi connectivity index (χ0v) is 39.0. The number of hydrogen-bond donors (Lipinski definition) is 3. The van der Waals surface area contributed by atoms with Gasteiger partial charge in [0.2, 0.25) is 0 Å². The fourth-order valence-corrected chi connectivity index (χ4v) is 11.7. The number of rotatable bonds is 7. The van der Waals surface area contributed by atoms with Crippen LogP contribution in [0, 0.1) is 23.7 Å². The van der Waals surface area contributed by atoms with Crippen LogP contribution in [0.2, 0.25) is 0 Å². The minimum Gasteiger partial charge on any atom is -0.462 e. The molecule has 0 aromatic rings. The fraction of sp³-hybridized carbons (Fsp3) is 0.780. The van der Waals surface area contributed by atoms with Gasteiger partial charge in [-0.25, -0.2) is 0 Å². The Hall–Kier alpha value is -2.31. The average Bonchev–Trinajstić information content (AvgIpc) is 3.62. The molecule has 6 heterocycles. The van der Waals surface area contributed by atoms with Gasteiger partial charge in [0.1, 0.15) is 42.0 Å². The monoisotopic (exact) mass is 899 g/mol.